The van der Waals surface area contributed by atoms with E-state index in [-0.39, 0.29) is 11.2 Å². The summed E-state index contributed by atoms with van der Waals surface area (Å²) < 4.78 is 5.02. The Kier molecular flexibility index (Phi) is 5.06. The van der Waals surface area contributed by atoms with Crippen molar-refractivity contribution in [1.29, 1.82) is 0 Å². The first-order valence-electron chi connectivity index (χ1n) is 10.5. The van der Waals surface area contributed by atoms with E-state index in [1.165, 1.54) is 15.7 Å². The van der Waals surface area contributed by atoms with Crippen LogP contribution in [0, 0.1) is 13.8 Å². The molecule has 0 saturated heterocycles. The van der Waals surface area contributed by atoms with E-state index >= 15 is 0 Å². The number of nitrogens with one attached hydrogen (secondary N) is 1. The van der Waals surface area contributed by atoms with Crippen LogP contribution in [0.3, 0.4) is 0 Å². The summed E-state index contributed by atoms with van der Waals surface area (Å²) in [6, 6.07) is 6.42. The summed E-state index contributed by atoms with van der Waals surface area (Å²) in [5.41, 5.74) is 4.33. The number of aromatic nitrogens is 4. The smallest absolute Gasteiger partial charge is 0.267 e. The molecule has 4 rings (SSSR count). The second-order valence-corrected chi connectivity index (χ2v) is 8.08. The number of H-pyrrole nitrogens is 1. The van der Waals surface area contributed by atoms with Crippen LogP contribution in [0.25, 0.3) is 11.2 Å². The molecule has 0 radical (unpaired) electrons. The second-order valence-electron chi connectivity index (χ2n) is 8.08. The molecule has 7 heteroatoms. The van der Waals surface area contributed by atoms with Gasteiger partial charge in [-0.3, -0.25) is 13.9 Å². The summed E-state index contributed by atoms with van der Waals surface area (Å²) in [5.74, 6) is 0.868. The molecule has 0 aliphatic carbocycles. The van der Waals surface area contributed by atoms with E-state index in [0.717, 1.165) is 50.4 Å². The molecule has 0 fully saturated rings. The molecule has 1 aliphatic heterocycles. The zero-order chi connectivity index (χ0) is 20.7. The van der Waals surface area contributed by atoms with Crippen LogP contribution in [0.2, 0.25) is 0 Å². The molecule has 154 valence electrons. The van der Waals surface area contributed by atoms with Crippen molar-refractivity contribution in [2.45, 2.75) is 59.5 Å². The van der Waals surface area contributed by atoms with Crippen molar-refractivity contribution in [1.82, 2.24) is 14.1 Å². The van der Waals surface area contributed by atoms with E-state index in [0.29, 0.717) is 17.7 Å². The molecule has 0 bridgehead atoms. The highest BCUT2D eigenvalue weighted by Crippen LogP contribution is 2.27. The maximum absolute atomic E-state index is 13.3. The highest BCUT2D eigenvalue weighted by molar-refractivity contribution is 5.70. The maximum atomic E-state index is 13.3. The minimum Gasteiger partial charge on any atom is -0.267 e. The minimum absolute atomic E-state index is 0.191. The van der Waals surface area contributed by atoms with Gasteiger partial charge < -0.3 is 0 Å². The third-order valence-corrected chi connectivity index (χ3v) is 6.09. The molecular weight excluding hydrogens is 366 g/mol. The molecule has 0 saturated carbocycles. The first-order chi connectivity index (χ1) is 13.9. The van der Waals surface area contributed by atoms with Gasteiger partial charge in [0.1, 0.15) is 5.69 Å². The molecule has 0 unspecified atom stereocenters. The van der Waals surface area contributed by atoms with Gasteiger partial charge in [-0.15, -0.1) is 0 Å². The lowest BCUT2D eigenvalue weighted by molar-refractivity contribution is -0.663. The van der Waals surface area contributed by atoms with Crippen LogP contribution in [-0.2, 0) is 20.1 Å². The maximum Gasteiger partial charge on any atom is 0.364 e. The summed E-state index contributed by atoms with van der Waals surface area (Å²) in [6.07, 6.45) is 3.84. The zero-order valence-electron chi connectivity index (χ0n) is 17.8. The fraction of sp³-hybridized carbons (Fsp3) is 0.500. The summed E-state index contributed by atoms with van der Waals surface area (Å²) in [4.78, 5) is 31.7. The van der Waals surface area contributed by atoms with Gasteiger partial charge in [0.25, 0.3) is 5.56 Å². The lowest BCUT2D eigenvalue weighted by Gasteiger charge is -2.22. The van der Waals surface area contributed by atoms with Gasteiger partial charge in [0.05, 0.1) is 13.1 Å². The largest absolute Gasteiger partial charge is 0.364 e. The number of nitrogens with zero attached hydrogens (tertiary/aromatic N) is 4. The van der Waals surface area contributed by atoms with Crippen LogP contribution < -0.4 is 20.7 Å². The number of fused-ring (bicyclic) bond motifs is 3. The number of hydrogen-bond acceptors (Lipinski definition) is 3. The molecule has 1 N–H and O–H groups in total. The number of aryl methyl sites for hydroxylation is 4. The summed E-state index contributed by atoms with van der Waals surface area (Å²) in [6.45, 7) is 8.43. The normalized spacial score (nSPS) is 13.9. The van der Waals surface area contributed by atoms with E-state index in [9.17, 15) is 9.59 Å². The fourth-order valence-electron chi connectivity index (χ4n) is 4.20. The number of imidazole rings is 1. The van der Waals surface area contributed by atoms with Gasteiger partial charge in [-0.25, -0.2) is 19.2 Å². The number of benzene rings is 1. The van der Waals surface area contributed by atoms with Crippen molar-refractivity contribution in [2.75, 3.05) is 11.4 Å². The quantitative estimate of drug-likeness (QED) is 0.533. The van der Waals surface area contributed by atoms with Gasteiger partial charge in [-0.2, -0.15) is 0 Å². The van der Waals surface area contributed by atoms with E-state index < -0.39 is 0 Å². The van der Waals surface area contributed by atoms with Crippen molar-refractivity contribution in [3.63, 3.8) is 0 Å². The van der Waals surface area contributed by atoms with Gasteiger partial charge in [0, 0.05) is 20.0 Å². The van der Waals surface area contributed by atoms with Crippen LogP contribution in [0.1, 0.15) is 43.7 Å². The molecular formula is C22H30N5O2+. The van der Waals surface area contributed by atoms with Crippen molar-refractivity contribution >= 4 is 22.8 Å². The standard InChI is InChI=1S/C22H29N5O2/c1-5-6-7-11-27-20(28)18-19(24(4)22(27)29)23-21-25(12-8-13-26(18)21)17-10-9-15(2)16(3)14-17/h9-10,14H,5-8,11-13H2,1-4H3/p+1. The Morgan fingerprint density at radius 3 is 2.66 bits per heavy atom. The molecule has 2 aromatic heterocycles. The number of unbranched alkanes of at least 4 members (excludes halogenated alkanes) is 2. The summed E-state index contributed by atoms with van der Waals surface area (Å²) in [5, 5.41) is 0. The van der Waals surface area contributed by atoms with Gasteiger partial charge in [0.2, 0.25) is 11.2 Å². The monoisotopic (exact) mass is 396 g/mol. The number of anilines is 2. The topological polar surface area (TPSA) is 66.9 Å². The van der Waals surface area contributed by atoms with Gasteiger partial charge in [-0.05, 0) is 43.5 Å². The number of hydrogen-bond donors (Lipinski definition) is 1. The van der Waals surface area contributed by atoms with Gasteiger partial charge in [0.15, 0.2) is 0 Å². The van der Waals surface area contributed by atoms with Crippen LogP contribution in [0.5, 0.6) is 0 Å². The molecule has 0 amide bonds. The van der Waals surface area contributed by atoms with Crippen molar-refractivity contribution in [2.24, 2.45) is 7.05 Å². The Morgan fingerprint density at radius 1 is 1.14 bits per heavy atom. The minimum atomic E-state index is -0.254. The number of aromatic amines is 1. The average Bonchev–Trinajstić information content (AvgIpc) is 3.11. The Hall–Kier alpha value is -2.83. The molecule has 7 nitrogen and oxygen atoms in total. The van der Waals surface area contributed by atoms with Gasteiger partial charge in [-0.1, -0.05) is 25.8 Å². The first kappa shape index (κ1) is 19.5. The Labute approximate surface area is 170 Å². The van der Waals surface area contributed by atoms with Crippen molar-refractivity contribution in [3.05, 3.63) is 50.2 Å². The van der Waals surface area contributed by atoms with Crippen molar-refractivity contribution < 1.29 is 4.57 Å². The average molecular weight is 397 g/mol. The molecule has 3 heterocycles. The molecule has 1 aliphatic rings. The predicted molar refractivity (Wildman–Crippen MR) is 115 cm³/mol. The molecule has 1 aromatic carbocycles. The first-order valence-corrected chi connectivity index (χ1v) is 10.5. The summed E-state index contributed by atoms with van der Waals surface area (Å²) >= 11 is 0. The number of rotatable bonds is 5. The Balaban J connectivity index is 1.89. The second kappa shape index (κ2) is 7.54. The van der Waals surface area contributed by atoms with Crippen LogP contribution in [0.15, 0.2) is 27.8 Å². The van der Waals surface area contributed by atoms with Crippen molar-refractivity contribution in [3.8, 4) is 0 Å². The predicted octanol–water partition coefficient (Wildman–Crippen LogP) is 2.66. The molecule has 29 heavy (non-hydrogen) atoms. The van der Waals surface area contributed by atoms with Crippen LogP contribution >= 0.6 is 0 Å². The Bertz CT molecular complexity index is 1180. The Morgan fingerprint density at radius 2 is 1.93 bits per heavy atom. The SMILES string of the molecule is CCCCCn1c(=O)c2c([nH]c3[n+]2CCCN3c2ccc(C)c(C)c2)n(C)c1=O. The van der Waals surface area contributed by atoms with E-state index in [2.05, 4.69) is 48.9 Å². The fourth-order valence-corrected chi connectivity index (χ4v) is 4.20. The highest BCUT2D eigenvalue weighted by Gasteiger charge is 2.33. The molecule has 0 atom stereocenters. The van der Waals surface area contributed by atoms with E-state index in [4.69, 9.17) is 0 Å². The lowest BCUT2D eigenvalue weighted by Crippen LogP contribution is -2.49. The molecule has 0 spiro atoms. The van der Waals surface area contributed by atoms with Gasteiger partial charge >= 0.3 is 11.6 Å². The van der Waals surface area contributed by atoms with E-state index in [1.54, 1.807) is 11.6 Å². The van der Waals surface area contributed by atoms with Crippen LogP contribution in [-0.4, -0.2) is 20.7 Å². The summed E-state index contributed by atoms with van der Waals surface area (Å²) in [7, 11) is 1.74. The molecule has 3 aromatic rings. The zero-order valence-corrected chi connectivity index (χ0v) is 17.8. The third kappa shape index (κ3) is 3.18. The van der Waals surface area contributed by atoms with E-state index in [1.807, 2.05) is 4.57 Å². The third-order valence-electron chi connectivity index (χ3n) is 6.09. The highest BCUT2D eigenvalue weighted by atomic mass is 16.2. The lowest BCUT2D eigenvalue weighted by atomic mass is 10.1. The van der Waals surface area contributed by atoms with Crippen LogP contribution in [0.4, 0.5) is 11.6 Å².